The maximum absolute atomic E-state index is 13.1. The normalized spacial score (nSPS) is 27.6. The van der Waals surface area contributed by atoms with Gasteiger partial charge < -0.3 is 15.0 Å². The molecule has 1 atom stereocenters. The summed E-state index contributed by atoms with van der Waals surface area (Å²) in [4.78, 5) is 38.7. The molecule has 3 fully saturated rings. The summed E-state index contributed by atoms with van der Waals surface area (Å²) in [6.07, 6.45) is 3.04. The molecule has 2 saturated heterocycles. The van der Waals surface area contributed by atoms with E-state index in [4.69, 9.17) is 4.74 Å². The van der Waals surface area contributed by atoms with Gasteiger partial charge in [-0.3, -0.25) is 14.9 Å². The molecule has 1 aromatic carbocycles. The van der Waals surface area contributed by atoms with Crippen LogP contribution in [0.25, 0.3) is 0 Å². The Balaban J connectivity index is 1.64. The number of morpholine rings is 1. The van der Waals surface area contributed by atoms with E-state index < -0.39 is 17.5 Å². The predicted octanol–water partition coefficient (Wildman–Crippen LogP) is 1.14. The van der Waals surface area contributed by atoms with Crippen LogP contribution in [0.4, 0.5) is 4.79 Å². The van der Waals surface area contributed by atoms with Crippen molar-refractivity contribution in [3.8, 4) is 0 Å². The van der Waals surface area contributed by atoms with Gasteiger partial charge in [0.15, 0.2) is 0 Å². The lowest BCUT2D eigenvalue weighted by atomic mass is 9.75. The number of nitrogens with zero attached hydrogens (tertiary/aromatic N) is 1. The first kappa shape index (κ1) is 16.1. The van der Waals surface area contributed by atoms with Crippen molar-refractivity contribution in [1.82, 2.24) is 15.5 Å². The van der Waals surface area contributed by atoms with Gasteiger partial charge >= 0.3 is 6.03 Å². The van der Waals surface area contributed by atoms with Gasteiger partial charge in [-0.25, -0.2) is 4.79 Å². The van der Waals surface area contributed by atoms with Crippen LogP contribution in [0.5, 0.6) is 0 Å². The molecule has 7 nitrogen and oxygen atoms in total. The number of nitrogens with one attached hydrogen (secondary N) is 2. The van der Waals surface area contributed by atoms with E-state index in [0.29, 0.717) is 30.9 Å². The van der Waals surface area contributed by atoms with Crippen LogP contribution >= 0.6 is 0 Å². The molecular weight excluding hydrogens is 322 g/mol. The molecule has 2 N–H and O–H groups in total. The molecular formula is C18H21N3O4. The fourth-order valence-corrected chi connectivity index (χ4v) is 3.91. The lowest BCUT2D eigenvalue weighted by Crippen LogP contribution is -2.62. The van der Waals surface area contributed by atoms with Gasteiger partial charge in [-0.1, -0.05) is 12.1 Å². The molecule has 25 heavy (non-hydrogen) atoms. The van der Waals surface area contributed by atoms with Crippen LogP contribution in [-0.2, 0) is 15.1 Å². The summed E-state index contributed by atoms with van der Waals surface area (Å²) in [6.45, 7) is 3.36. The minimum Gasteiger partial charge on any atom is -0.377 e. The van der Waals surface area contributed by atoms with Crippen molar-refractivity contribution in [2.24, 2.45) is 0 Å². The second-order valence-corrected chi connectivity index (χ2v) is 7.20. The van der Waals surface area contributed by atoms with Crippen LogP contribution in [0.1, 0.15) is 42.1 Å². The van der Waals surface area contributed by atoms with Crippen molar-refractivity contribution >= 4 is 17.8 Å². The predicted molar refractivity (Wildman–Crippen MR) is 88.9 cm³/mol. The summed E-state index contributed by atoms with van der Waals surface area (Å²) in [5.41, 5.74) is -0.209. The van der Waals surface area contributed by atoms with Crippen molar-refractivity contribution in [2.45, 2.75) is 37.3 Å². The molecule has 0 bridgehead atoms. The van der Waals surface area contributed by atoms with Crippen LogP contribution in [0.3, 0.4) is 0 Å². The molecule has 1 aliphatic carbocycles. The summed E-state index contributed by atoms with van der Waals surface area (Å²) in [7, 11) is 0. The molecule has 4 rings (SSSR count). The van der Waals surface area contributed by atoms with E-state index in [1.54, 1.807) is 31.2 Å². The summed E-state index contributed by atoms with van der Waals surface area (Å²) < 4.78 is 5.60. The monoisotopic (exact) mass is 343 g/mol. The zero-order valence-corrected chi connectivity index (χ0v) is 14.1. The van der Waals surface area contributed by atoms with Crippen LogP contribution in [0, 0.1) is 0 Å². The first-order chi connectivity index (χ1) is 11.9. The molecule has 4 amide bonds. The lowest BCUT2D eigenvalue weighted by molar-refractivity contribution is -0.123. The van der Waals surface area contributed by atoms with Gasteiger partial charge in [-0.15, -0.1) is 0 Å². The summed E-state index contributed by atoms with van der Waals surface area (Å²) >= 11 is 0. The van der Waals surface area contributed by atoms with Gasteiger partial charge in [0, 0.05) is 12.1 Å². The van der Waals surface area contributed by atoms with Crippen molar-refractivity contribution in [1.29, 1.82) is 0 Å². The zero-order valence-electron chi connectivity index (χ0n) is 14.1. The Labute approximate surface area is 145 Å². The van der Waals surface area contributed by atoms with Crippen molar-refractivity contribution < 1.29 is 19.1 Å². The van der Waals surface area contributed by atoms with Crippen LogP contribution in [0.2, 0.25) is 0 Å². The number of ether oxygens (including phenoxy) is 1. The standard InChI is InChI=1S/C18H21N3O4/c1-17(15(23)19-16(24)20-17)13-5-2-4-12(10-13)14(22)21-8-9-25-11-18(21)6-3-7-18/h2,4-5,10H,3,6-9,11H2,1H3,(H2,19,20,23,24). The SMILES string of the molecule is CC1(c2cccc(C(=O)N3CCOCC34CCC4)c2)NC(=O)NC1=O. The van der Waals surface area contributed by atoms with E-state index in [0.717, 1.165) is 19.3 Å². The molecule has 1 aromatic rings. The maximum Gasteiger partial charge on any atom is 0.322 e. The lowest BCUT2D eigenvalue weighted by Gasteiger charge is -2.52. The number of urea groups is 1. The Morgan fingerprint density at radius 2 is 2.08 bits per heavy atom. The number of hydrogen-bond acceptors (Lipinski definition) is 4. The largest absolute Gasteiger partial charge is 0.377 e. The number of amides is 4. The molecule has 7 heteroatoms. The van der Waals surface area contributed by atoms with Gasteiger partial charge in [0.25, 0.3) is 11.8 Å². The third-order valence-corrected chi connectivity index (χ3v) is 5.66. The Hall–Kier alpha value is -2.41. The minimum absolute atomic E-state index is 0.0434. The number of carbonyl (C=O) groups is 3. The second-order valence-electron chi connectivity index (χ2n) is 7.20. The molecule has 2 aliphatic heterocycles. The highest BCUT2D eigenvalue weighted by molar-refractivity contribution is 6.07. The Morgan fingerprint density at radius 3 is 2.72 bits per heavy atom. The van der Waals surface area contributed by atoms with Crippen LogP contribution in [0.15, 0.2) is 24.3 Å². The summed E-state index contributed by atoms with van der Waals surface area (Å²) in [6, 6.07) is 6.44. The van der Waals surface area contributed by atoms with Crippen LogP contribution < -0.4 is 10.6 Å². The fourth-order valence-electron chi connectivity index (χ4n) is 3.91. The van der Waals surface area contributed by atoms with Gasteiger partial charge in [0.2, 0.25) is 0 Å². The highest BCUT2D eigenvalue weighted by atomic mass is 16.5. The van der Waals surface area contributed by atoms with Crippen LogP contribution in [-0.4, -0.2) is 48.0 Å². The van der Waals surface area contributed by atoms with E-state index in [1.165, 1.54) is 0 Å². The summed E-state index contributed by atoms with van der Waals surface area (Å²) in [5, 5.41) is 4.88. The Kier molecular flexibility index (Phi) is 3.57. The minimum atomic E-state index is -1.16. The molecule has 0 radical (unpaired) electrons. The molecule has 132 valence electrons. The van der Waals surface area contributed by atoms with Gasteiger partial charge in [0.1, 0.15) is 5.54 Å². The molecule has 0 aromatic heterocycles. The highest BCUT2D eigenvalue weighted by Crippen LogP contribution is 2.40. The van der Waals surface area contributed by atoms with Gasteiger partial charge in [-0.2, -0.15) is 0 Å². The number of carbonyl (C=O) groups excluding carboxylic acids is 3. The van der Waals surface area contributed by atoms with Crippen molar-refractivity contribution in [3.63, 3.8) is 0 Å². The highest BCUT2D eigenvalue weighted by Gasteiger charge is 2.47. The molecule has 2 heterocycles. The van der Waals surface area contributed by atoms with E-state index in [2.05, 4.69) is 10.6 Å². The van der Waals surface area contributed by atoms with Gasteiger partial charge in [0.05, 0.1) is 18.8 Å². The van der Waals surface area contributed by atoms with E-state index >= 15 is 0 Å². The zero-order chi connectivity index (χ0) is 17.7. The Bertz CT molecular complexity index is 758. The third-order valence-electron chi connectivity index (χ3n) is 5.66. The van der Waals surface area contributed by atoms with Crippen molar-refractivity contribution in [3.05, 3.63) is 35.4 Å². The molecule has 1 spiro atoms. The molecule has 1 unspecified atom stereocenters. The van der Waals surface area contributed by atoms with E-state index in [9.17, 15) is 14.4 Å². The van der Waals surface area contributed by atoms with E-state index in [1.807, 2.05) is 4.90 Å². The van der Waals surface area contributed by atoms with Crippen molar-refractivity contribution in [2.75, 3.05) is 19.8 Å². The number of imide groups is 1. The quantitative estimate of drug-likeness (QED) is 0.788. The maximum atomic E-state index is 13.1. The first-order valence-corrected chi connectivity index (χ1v) is 8.59. The number of rotatable bonds is 2. The van der Waals surface area contributed by atoms with Gasteiger partial charge in [-0.05, 0) is 43.9 Å². The summed E-state index contributed by atoms with van der Waals surface area (Å²) in [5.74, 6) is -0.456. The molecule has 1 saturated carbocycles. The fraction of sp³-hybridized carbons (Fsp3) is 0.500. The van der Waals surface area contributed by atoms with E-state index in [-0.39, 0.29) is 11.4 Å². The second kappa shape index (κ2) is 5.56. The first-order valence-electron chi connectivity index (χ1n) is 8.59. The smallest absolute Gasteiger partial charge is 0.322 e. The number of hydrogen-bond donors (Lipinski definition) is 2. The molecule has 3 aliphatic rings. The number of benzene rings is 1. The Morgan fingerprint density at radius 1 is 1.28 bits per heavy atom. The average molecular weight is 343 g/mol. The average Bonchev–Trinajstić information content (AvgIpc) is 2.86. The topological polar surface area (TPSA) is 87.7 Å². The third kappa shape index (κ3) is 2.41.